The standard InChI is InChI=1S/C19H23N3O3/c1-5-25-18(24)13-6-8-14(9-7-13)21-17(23)16-11-10-15(12-20-16)22-19(2,3)4/h6-12,22H,5H2,1-4H3,(H,21,23). The molecule has 1 heterocycles. The number of carbonyl (C=O) groups excluding carboxylic acids is 2. The molecule has 2 rings (SSSR count). The Balaban J connectivity index is 2.00. The van der Waals surface area contributed by atoms with Crippen molar-refractivity contribution < 1.29 is 14.3 Å². The number of ether oxygens (including phenoxy) is 1. The van der Waals surface area contributed by atoms with Crippen molar-refractivity contribution in [3.63, 3.8) is 0 Å². The maximum absolute atomic E-state index is 12.2. The van der Waals surface area contributed by atoms with E-state index >= 15 is 0 Å². The van der Waals surface area contributed by atoms with Crippen LogP contribution >= 0.6 is 0 Å². The fraction of sp³-hybridized carbons (Fsp3) is 0.316. The van der Waals surface area contributed by atoms with E-state index in [9.17, 15) is 9.59 Å². The average Bonchev–Trinajstić information content (AvgIpc) is 2.55. The van der Waals surface area contributed by atoms with E-state index in [1.54, 1.807) is 43.5 Å². The minimum Gasteiger partial charge on any atom is -0.462 e. The molecule has 0 aliphatic carbocycles. The number of aromatic nitrogens is 1. The molecule has 0 spiro atoms. The number of anilines is 2. The van der Waals surface area contributed by atoms with E-state index in [2.05, 4.69) is 15.6 Å². The molecular weight excluding hydrogens is 318 g/mol. The van der Waals surface area contributed by atoms with Gasteiger partial charge in [0, 0.05) is 11.2 Å². The maximum atomic E-state index is 12.2. The summed E-state index contributed by atoms with van der Waals surface area (Å²) in [6, 6.07) is 10.0. The number of esters is 1. The van der Waals surface area contributed by atoms with Gasteiger partial charge in [-0.05, 0) is 64.1 Å². The van der Waals surface area contributed by atoms with Crippen LogP contribution in [0.4, 0.5) is 11.4 Å². The molecule has 0 radical (unpaired) electrons. The van der Waals surface area contributed by atoms with Crippen LogP contribution < -0.4 is 10.6 Å². The molecule has 0 aliphatic heterocycles. The van der Waals surface area contributed by atoms with Gasteiger partial charge in [-0.3, -0.25) is 4.79 Å². The van der Waals surface area contributed by atoms with Crippen molar-refractivity contribution in [1.29, 1.82) is 0 Å². The summed E-state index contributed by atoms with van der Waals surface area (Å²) in [6.07, 6.45) is 1.63. The van der Waals surface area contributed by atoms with Gasteiger partial charge in [0.1, 0.15) is 5.69 Å². The van der Waals surface area contributed by atoms with Crippen molar-refractivity contribution in [2.45, 2.75) is 33.2 Å². The lowest BCUT2D eigenvalue weighted by Crippen LogP contribution is -2.26. The smallest absolute Gasteiger partial charge is 0.338 e. The van der Waals surface area contributed by atoms with E-state index in [1.807, 2.05) is 26.8 Å². The van der Waals surface area contributed by atoms with Crippen LogP contribution in [0.25, 0.3) is 0 Å². The van der Waals surface area contributed by atoms with E-state index in [0.29, 0.717) is 23.6 Å². The molecule has 1 aromatic heterocycles. The predicted molar refractivity (Wildman–Crippen MR) is 98.0 cm³/mol. The first-order valence-corrected chi connectivity index (χ1v) is 8.11. The molecule has 2 aromatic rings. The molecule has 6 nitrogen and oxygen atoms in total. The van der Waals surface area contributed by atoms with Crippen LogP contribution in [-0.2, 0) is 4.74 Å². The highest BCUT2D eigenvalue weighted by molar-refractivity contribution is 6.03. The summed E-state index contributed by atoms with van der Waals surface area (Å²) in [5, 5.41) is 6.04. The Labute approximate surface area is 147 Å². The summed E-state index contributed by atoms with van der Waals surface area (Å²) in [5.74, 6) is -0.699. The Morgan fingerprint density at radius 3 is 2.20 bits per heavy atom. The van der Waals surface area contributed by atoms with Gasteiger partial charge in [-0.1, -0.05) is 0 Å². The highest BCUT2D eigenvalue weighted by Crippen LogP contribution is 2.15. The topological polar surface area (TPSA) is 80.3 Å². The largest absolute Gasteiger partial charge is 0.462 e. The zero-order chi connectivity index (χ0) is 18.4. The molecule has 132 valence electrons. The number of nitrogens with one attached hydrogen (secondary N) is 2. The minimum absolute atomic E-state index is 0.0773. The molecule has 6 heteroatoms. The Hall–Kier alpha value is -2.89. The maximum Gasteiger partial charge on any atom is 0.338 e. The van der Waals surface area contributed by atoms with E-state index < -0.39 is 0 Å². The Kier molecular flexibility index (Phi) is 5.75. The summed E-state index contributed by atoms with van der Waals surface area (Å²) < 4.78 is 4.92. The number of rotatable bonds is 5. The normalized spacial score (nSPS) is 10.9. The second-order valence-corrected chi connectivity index (χ2v) is 6.56. The zero-order valence-electron chi connectivity index (χ0n) is 14.9. The second-order valence-electron chi connectivity index (χ2n) is 6.56. The summed E-state index contributed by atoms with van der Waals surface area (Å²) >= 11 is 0. The Morgan fingerprint density at radius 1 is 1.04 bits per heavy atom. The Morgan fingerprint density at radius 2 is 1.68 bits per heavy atom. The molecule has 0 fully saturated rings. The number of amides is 1. The highest BCUT2D eigenvalue weighted by Gasteiger charge is 2.12. The zero-order valence-corrected chi connectivity index (χ0v) is 14.9. The lowest BCUT2D eigenvalue weighted by molar-refractivity contribution is 0.0526. The quantitative estimate of drug-likeness (QED) is 0.810. The number of pyridine rings is 1. The van der Waals surface area contributed by atoms with Crippen LogP contribution in [-0.4, -0.2) is 29.0 Å². The van der Waals surface area contributed by atoms with E-state index in [1.165, 1.54) is 0 Å². The molecule has 0 unspecified atom stereocenters. The fourth-order valence-electron chi connectivity index (χ4n) is 2.13. The lowest BCUT2D eigenvalue weighted by atomic mass is 10.1. The number of hydrogen-bond donors (Lipinski definition) is 2. The van der Waals surface area contributed by atoms with Gasteiger partial charge in [-0.2, -0.15) is 0 Å². The van der Waals surface area contributed by atoms with Gasteiger partial charge in [-0.25, -0.2) is 9.78 Å². The van der Waals surface area contributed by atoms with Gasteiger partial charge in [0.2, 0.25) is 0 Å². The fourth-order valence-corrected chi connectivity index (χ4v) is 2.13. The third-order valence-electron chi connectivity index (χ3n) is 3.17. The highest BCUT2D eigenvalue weighted by atomic mass is 16.5. The number of nitrogens with zero attached hydrogens (tertiary/aromatic N) is 1. The molecule has 0 atom stereocenters. The van der Waals surface area contributed by atoms with Crippen LogP contribution in [0.15, 0.2) is 42.6 Å². The molecule has 1 amide bonds. The molecular formula is C19H23N3O3. The molecule has 25 heavy (non-hydrogen) atoms. The van der Waals surface area contributed by atoms with Gasteiger partial charge in [0.25, 0.3) is 5.91 Å². The van der Waals surface area contributed by atoms with Crippen molar-refractivity contribution >= 4 is 23.3 Å². The summed E-state index contributed by atoms with van der Waals surface area (Å²) in [5.41, 5.74) is 2.11. The molecule has 0 aliphatic rings. The van der Waals surface area contributed by atoms with Crippen LogP contribution in [0, 0.1) is 0 Å². The van der Waals surface area contributed by atoms with E-state index in [-0.39, 0.29) is 17.4 Å². The van der Waals surface area contributed by atoms with Crippen LogP contribution in [0.3, 0.4) is 0 Å². The molecule has 1 aromatic carbocycles. The van der Waals surface area contributed by atoms with Gasteiger partial charge >= 0.3 is 5.97 Å². The van der Waals surface area contributed by atoms with E-state index in [4.69, 9.17) is 4.74 Å². The predicted octanol–water partition coefficient (Wildman–Crippen LogP) is 3.72. The lowest BCUT2D eigenvalue weighted by Gasteiger charge is -2.21. The molecule has 0 bridgehead atoms. The first kappa shape index (κ1) is 18.4. The van der Waals surface area contributed by atoms with Crippen LogP contribution in [0.2, 0.25) is 0 Å². The summed E-state index contributed by atoms with van der Waals surface area (Å²) in [6.45, 7) is 8.22. The van der Waals surface area contributed by atoms with Crippen molar-refractivity contribution in [3.8, 4) is 0 Å². The third-order valence-corrected chi connectivity index (χ3v) is 3.17. The number of hydrogen-bond acceptors (Lipinski definition) is 5. The average molecular weight is 341 g/mol. The first-order valence-electron chi connectivity index (χ1n) is 8.11. The van der Waals surface area contributed by atoms with Crippen molar-refractivity contribution in [1.82, 2.24) is 4.98 Å². The minimum atomic E-state index is -0.385. The second kappa shape index (κ2) is 7.79. The number of benzene rings is 1. The molecule has 0 saturated carbocycles. The SMILES string of the molecule is CCOC(=O)c1ccc(NC(=O)c2ccc(NC(C)(C)C)cn2)cc1. The monoisotopic (exact) mass is 341 g/mol. The molecule has 2 N–H and O–H groups in total. The van der Waals surface area contributed by atoms with Crippen molar-refractivity contribution in [2.75, 3.05) is 17.2 Å². The van der Waals surface area contributed by atoms with E-state index in [0.717, 1.165) is 5.69 Å². The summed E-state index contributed by atoms with van der Waals surface area (Å²) in [7, 11) is 0. The van der Waals surface area contributed by atoms with Crippen LogP contribution in [0.1, 0.15) is 48.5 Å². The third kappa shape index (κ3) is 5.60. The van der Waals surface area contributed by atoms with Gasteiger partial charge in [-0.15, -0.1) is 0 Å². The molecule has 0 saturated heterocycles. The van der Waals surface area contributed by atoms with Crippen molar-refractivity contribution in [3.05, 3.63) is 53.9 Å². The summed E-state index contributed by atoms with van der Waals surface area (Å²) in [4.78, 5) is 28.0. The Bertz CT molecular complexity index is 732. The van der Waals surface area contributed by atoms with Gasteiger partial charge in [0.15, 0.2) is 0 Å². The van der Waals surface area contributed by atoms with Crippen molar-refractivity contribution in [2.24, 2.45) is 0 Å². The van der Waals surface area contributed by atoms with Gasteiger partial charge in [0.05, 0.1) is 24.1 Å². The first-order chi connectivity index (χ1) is 11.8. The number of carbonyl (C=O) groups is 2. The van der Waals surface area contributed by atoms with Gasteiger partial charge < -0.3 is 15.4 Å². The van der Waals surface area contributed by atoms with Crippen LogP contribution in [0.5, 0.6) is 0 Å².